The first kappa shape index (κ1) is 13.8. The van der Waals surface area contributed by atoms with Crippen molar-refractivity contribution in [3.8, 4) is 0 Å². The normalized spacial score (nSPS) is 29.5. The van der Waals surface area contributed by atoms with Gasteiger partial charge in [0, 0.05) is 0 Å². The van der Waals surface area contributed by atoms with E-state index < -0.39 is 23.7 Å². The average Bonchev–Trinajstić information content (AvgIpc) is 3.11. The SMILES string of the molecule is NC(=O)c1ccsc1NC(=O)[C@H]1C2C=CC(C2)[C@H]1C(=O)O. The minimum Gasteiger partial charge on any atom is -0.481 e. The Hall–Kier alpha value is -2.15. The lowest BCUT2D eigenvalue weighted by atomic mass is 9.82. The third kappa shape index (κ3) is 2.23. The fraction of sp³-hybridized carbons (Fsp3) is 0.357. The average molecular weight is 306 g/mol. The van der Waals surface area contributed by atoms with Crippen molar-refractivity contribution in [2.45, 2.75) is 6.42 Å². The Bertz CT molecular complexity index is 651. The van der Waals surface area contributed by atoms with Crippen LogP contribution < -0.4 is 11.1 Å². The molecule has 0 saturated heterocycles. The van der Waals surface area contributed by atoms with E-state index in [1.165, 1.54) is 17.4 Å². The van der Waals surface area contributed by atoms with Crippen molar-refractivity contribution in [1.82, 2.24) is 0 Å². The van der Waals surface area contributed by atoms with Crippen LogP contribution in [0.15, 0.2) is 23.6 Å². The van der Waals surface area contributed by atoms with Crippen molar-refractivity contribution in [2.75, 3.05) is 5.32 Å². The van der Waals surface area contributed by atoms with Gasteiger partial charge in [-0.2, -0.15) is 0 Å². The number of hydrogen-bond acceptors (Lipinski definition) is 4. The first-order chi connectivity index (χ1) is 9.99. The second-order valence-corrected chi connectivity index (χ2v) is 6.27. The number of anilines is 1. The standard InChI is InChI=1S/C14H14N2O4S/c15-11(17)8-3-4-21-13(8)16-12(18)9-6-1-2-7(5-6)10(9)14(19)20/h1-4,6-7,9-10H,5H2,(H2,15,17)(H,16,18)(H,19,20)/t6?,7?,9-,10+/m0/s1. The zero-order chi connectivity index (χ0) is 15.1. The van der Waals surface area contributed by atoms with E-state index in [-0.39, 0.29) is 23.3 Å². The molecular weight excluding hydrogens is 292 g/mol. The van der Waals surface area contributed by atoms with Crippen molar-refractivity contribution in [1.29, 1.82) is 0 Å². The van der Waals surface area contributed by atoms with Crippen LogP contribution in [-0.4, -0.2) is 22.9 Å². The van der Waals surface area contributed by atoms with E-state index in [1.54, 1.807) is 5.38 Å². The second kappa shape index (κ2) is 5.00. The van der Waals surface area contributed by atoms with Crippen LogP contribution in [0.2, 0.25) is 0 Å². The molecule has 1 heterocycles. The molecule has 2 unspecified atom stereocenters. The summed E-state index contributed by atoms with van der Waals surface area (Å²) in [7, 11) is 0. The number of nitrogens with two attached hydrogens (primary N) is 1. The summed E-state index contributed by atoms with van der Waals surface area (Å²) in [6, 6.07) is 1.54. The first-order valence-corrected chi connectivity index (χ1v) is 7.46. The minimum atomic E-state index is -0.951. The highest BCUT2D eigenvalue weighted by Crippen LogP contribution is 2.48. The molecule has 1 aromatic rings. The molecule has 0 aliphatic heterocycles. The molecule has 2 aliphatic carbocycles. The predicted molar refractivity (Wildman–Crippen MR) is 76.8 cm³/mol. The molecule has 3 rings (SSSR count). The number of carbonyl (C=O) groups is 3. The van der Waals surface area contributed by atoms with E-state index in [0.29, 0.717) is 11.4 Å². The number of carbonyl (C=O) groups excluding carboxylic acids is 2. The van der Waals surface area contributed by atoms with Crippen LogP contribution >= 0.6 is 11.3 Å². The lowest BCUT2D eigenvalue weighted by molar-refractivity contribution is -0.146. The minimum absolute atomic E-state index is 0.0481. The van der Waals surface area contributed by atoms with Crippen molar-refractivity contribution < 1.29 is 19.5 Å². The summed E-state index contributed by atoms with van der Waals surface area (Å²) in [6.07, 6.45) is 4.49. The summed E-state index contributed by atoms with van der Waals surface area (Å²) in [5.41, 5.74) is 5.48. The number of rotatable bonds is 4. The van der Waals surface area contributed by atoms with Gasteiger partial charge in [-0.1, -0.05) is 12.2 Å². The zero-order valence-corrected chi connectivity index (χ0v) is 11.8. The Balaban J connectivity index is 1.82. The van der Waals surface area contributed by atoms with Crippen LogP contribution in [0.25, 0.3) is 0 Å². The monoisotopic (exact) mass is 306 g/mol. The summed E-state index contributed by atoms with van der Waals surface area (Å²) >= 11 is 1.20. The van der Waals surface area contributed by atoms with Crippen LogP contribution in [0, 0.1) is 23.7 Å². The van der Waals surface area contributed by atoms with Gasteiger partial charge in [0.1, 0.15) is 5.00 Å². The molecule has 2 aliphatic rings. The molecule has 4 N–H and O–H groups in total. The van der Waals surface area contributed by atoms with Gasteiger partial charge in [0.2, 0.25) is 5.91 Å². The number of carboxylic acid groups (broad SMARTS) is 1. The highest BCUT2D eigenvalue weighted by atomic mass is 32.1. The quantitative estimate of drug-likeness (QED) is 0.728. The molecule has 1 aromatic heterocycles. The van der Waals surface area contributed by atoms with Gasteiger partial charge in [-0.15, -0.1) is 11.3 Å². The van der Waals surface area contributed by atoms with Crippen LogP contribution in [0.3, 0.4) is 0 Å². The molecule has 2 amide bonds. The fourth-order valence-electron chi connectivity index (χ4n) is 3.31. The van der Waals surface area contributed by atoms with Gasteiger partial charge in [-0.05, 0) is 29.7 Å². The number of amides is 2. The highest BCUT2D eigenvalue weighted by Gasteiger charge is 2.51. The van der Waals surface area contributed by atoms with Gasteiger partial charge in [0.25, 0.3) is 5.91 Å². The van der Waals surface area contributed by atoms with E-state index in [9.17, 15) is 19.5 Å². The molecule has 110 valence electrons. The van der Waals surface area contributed by atoms with Crippen molar-refractivity contribution in [3.63, 3.8) is 0 Å². The summed E-state index contributed by atoms with van der Waals surface area (Å²) in [5, 5.41) is 14.0. The van der Waals surface area contributed by atoms with E-state index in [1.807, 2.05) is 12.2 Å². The molecule has 1 saturated carbocycles. The maximum atomic E-state index is 12.4. The molecule has 4 atom stereocenters. The Kier molecular flexibility index (Phi) is 3.29. The maximum Gasteiger partial charge on any atom is 0.307 e. The maximum absolute atomic E-state index is 12.4. The van der Waals surface area contributed by atoms with Gasteiger partial charge >= 0.3 is 5.97 Å². The van der Waals surface area contributed by atoms with Gasteiger partial charge in [-0.3, -0.25) is 14.4 Å². The third-order valence-electron chi connectivity index (χ3n) is 4.21. The molecule has 0 radical (unpaired) electrons. The lowest BCUT2D eigenvalue weighted by Gasteiger charge is -2.23. The Morgan fingerprint density at radius 2 is 1.90 bits per heavy atom. The van der Waals surface area contributed by atoms with Crippen molar-refractivity contribution >= 4 is 34.1 Å². The largest absolute Gasteiger partial charge is 0.481 e. The van der Waals surface area contributed by atoms with Crippen LogP contribution in [-0.2, 0) is 9.59 Å². The molecule has 2 bridgehead atoms. The highest BCUT2D eigenvalue weighted by molar-refractivity contribution is 7.14. The molecule has 1 fully saturated rings. The zero-order valence-electron chi connectivity index (χ0n) is 11.0. The number of allylic oxidation sites excluding steroid dienone is 2. The Morgan fingerprint density at radius 1 is 1.24 bits per heavy atom. The van der Waals surface area contributed by atoms with Crippen molar-refractivity contribution in [2.24, 2.45) is 29.4 Å². The number of nitrogens with one attached hydrogen (secondary N) is 1. The number of primary amides is 1. The predicted octanol–water partition coefficient (Wildman–Crippen LogP) is 1.31. The number of carboxylic acids is 1. The molecule has 0 aromatic carbocycles. The third-order valence-corrected chi connectivity index (χ3v) is 5.04. The summed E-state index contributed by atoms with van der Waals surface area (Å²) in [4.78, 5) is 35.1. The van der Waals surface area contributed by atoms with Crippen LogP contribution in [0.4, 0.5) is 5.00 Å². The number of hydrogen-bond donors (Lipinski definition) is 3. The van der Waals surface area contributed by atoms with Crippen LogP contribution in [0.1, 0.15) is 16.8 Å². The first-order valence-electron chi connectivity index (χ1n) is 6.58. The summed E-state index contributed by atoms with van der Waals surface area (Å²) in [6.45, 7) is 0. The van der Waals surface area contributed by atoms with E-state index in [4.69, 9.17) is 5.73 Å². The van der Waals surface area contributed by atoms with E-state index >= 15 is 0 Å². The fourth-order valence-corrected chi connectivity index (χ4v) is 4.11. The number of thiophene rings is 1. The lowest BCUT2D eigenvalue weighted by Crippen LogP contribution is -2.36. The number of aliphatic carboxylic acids is 1. The van der Waals surface area contributed by atoms with Crippen molar-refractivity contribution in [3.05, 3.63) is 29.2 Å². The van der Waals surface area contributed by atoms with E-state index in [0.717, 1.165) is 0 Å². The number of fused-ring (bicyclic) bond motifs is 2. The topological polar surface area (TPSA) is 109 Å². The van der Waals surface area contributed by atoms with Gasteiger partial charge in [-0.25, -0.2) is 0 Å². The molecule has 21 heavy (non-hydrogen) atoms. The summed E-state index contributed by atoms with van der Waals surface area (Å²) in [5.74, 6) is -3.35. The van der Waals surface area contributed by atoms with Gasteiger partial charge in [0.05, 0.1) is 17.4 Å². The molecule has 6 nitrogen and oxygen atoms in total. The van der Waals surface area contributed by atoms with Gasteiger partial charge < -0.3 is 16.2 Å². The Labute approximate surface area is 124 Å². The molecule has 7 heteroatoms. The summed E-state index contributed by atoms with van der Waals surface area (Å²) < 4.78 is 0. The smallest absolute Gasteiger partial charge is 0.307 e. The van der Waals surface area contributed by atoms with E-state index in [2.05, 4.69) is 5.32 Å². The molecular formula is C14H14N2O4S. The molecule has 0 spiro atoms. The van der Waals surface area contributed by atoms with Crippen LogP contribution in [0.5, 0.6) is 0 Å². The Morgan fingerprint density at radius 3 is 2.52 bits per heavy atom. The van der Waals surface area contributed by atoms with Gasteiger partial charge in [0.15, 0.2) is 0 Å². The second-order valence-electron chi connectivity index (χ2n) is 5.36.